The standard InChI is InChI=1S/C17H18N6O5S/c1-11(2)20-29(26,27)14-7-8-15(16(10-14)23(24)25)22-19-17(18-21-22)12-5-4-6-13(9-12)28-3/h4-11,20H,1-3H3. The van der Waals surface area contributed by atoms with E-state index in [0.717, 1.165) is 10.9 Å². The molecule has 0 aliphatic rings. The molecule has 3 rings (SSSR count). The first kappa shape index (κ1) is 20.4. The first-order valence-electron chi connectivity index (χ1n) is 8.47. The molecule has 0 unspecified atom stereocenters. The highest BCUT2D eigenvalue weighted by atomic mass is 32.2. The van der Waals surface area contributed by atoms with Crippen molar-refractivity contribution >= 4 is 15.7 Å². The molecule has 12 heteroatoms. The second kappa shape index (κ2) is 7.93. The van der Waals surface area contributed by atoms with Gasteiger partial charge in [0.2, 0.25) is 15.8 Å². The Morgan fingerprint density at radius 2 is 1.97 bits per heavy atom. The number of hydrogen-bond acceptors (Lipinski definition) is 8. The van der Waals surface area contributed by atoms with Crippen LogP contribution in [0.3, 0.4) is 0 Å². The van der Waals surface area contributed by atoms with Crippen LogP contribution in [-0.4, -0.2) is 46.7 Å². The SMILES string of the molecule is COc1cccc(-c2nnn(-c3ccc(S(=O)(=O)NC(C)C)cc3[N+](=O)[O-])n2)c1. The minimum atomic E-state index is -3.89. The van der Waals surface area contributed by atoms with Crippen molar-refractivity contribution in [3.63, 3.8) is 0 Å². The molecule has 2 aromatic carbocycles. The molecule has 0 amide bonds. The summed E-state index contributed by atoms with van der Waals surface area (Å²) < 4.78 is 32.2. The zero-order valence-electron chi connectivity index (χ0n) is 15.8. The van der Waals surface area contributed by atoms with Crippen LogP contribution < -0.4 is 9.46 Å². The number of methoxy groups -OCH3 is 1. The Labute approximate surface area is 166 Å². The van der Waals surface area contributed by atoms with Gasteiger partial charge >= 0.3 is 0 Å². The van der Waals surface area contributed by atoms with Gasteiger partial charge in [-0.25, -0.2) is 13.1 Å². The Hall–Kier alpha value is -3.38. The lowest BCUT2D eigenvalue weighted by molar-refractivity contribution is -0.384. The number of benzene rings is 2. The van der Waals surface area contributed by atoms with Crippen molar-refractivity contribution in [2.75, 3.05) is 7.11 Å². The Kier molecular flexibility index (Phi) is 5.57. The number of sulfonamides is 1. The van der Waals surface area contributed by atoms with Gasteiger partial charge in [0.15, 0.2) is 5.69 Å². The third kappa shape index (κ3) is 4.38. The van der Waals surface area contributed by atoms with Gasteiger partial charge in [0.1, 0.15) is 5.75 Å². The molecule has 0 saturated carbocycles. The average molecular weight is 418 g/mol. The van der Waals surface area contributed by atoms with Crippen molar-refractivity contribution in [2.45, 2.75) is 24.8 Å². The topological polar surface area (TPSA) is 142 Å². The average Bonchev–Trinajstić information content (AvgIpc) is 3.16. The Morgan fingerprint density at radius 3 is 2.62 bits per heavy atom. The van der Waals surface area contributed by atoms with Crippen LogP contribution in [-0.2, 0) is 10.0 Å². The number of nitrogens with one attached hydrogen (secondary N) is 1. The predicted octanol–water partition coefficient (Wildman–Crippen LogP) is 1.93. The van der Waals surface area contributed by atoms with Crippen molar-refractivity contribution in [1.29, 1.82) is 0 Å². The molecule has 1 N–H and O–H groups in total. The number of rotatable bonds is 7. The summed E-state index contributed by atoms with van der Waals surface area (Å²) >= 11 is 0. The molecule has 1 heterocycles. The lowest BCUT2D eigenvalue weighted by atomic mass is 10.2. The normalized spacial score (nSPS) is 11.6. The molecule has 0 aliphatic heterocycles. The van der Waals surface area contributed by atoms with E-state index in [9.17, 15) is 18.5 Å². The van der Waals surface area contributed by atoms with Crippen LogP contribution in [0, 0.1) is 10.1 Å². The van der Waals surface area contributed by atoms with Gasteiger partial charge in [-0.15, -0.1) is 15.0 Å². The largest absolute Gasteiger partial charge is 0.497 e. The summed E-state index contributed by atoms with van der Waals surface area (Å²) in [6, 6.07) is 10.1. The molecule has 1 aromatic heterocycles. The molecule has 0 saturated heterocycles. The molecule has 0 fully saturated rings. The number of ether oxygens (including phenoxy) is 1. The molecular formula is C17H18N6O5S. The van der Waals surface area contributed by atoms with Gasteiger partial charge < -0.3 is 4.74 Å². The molecule has 11 nitrogen and oxygen atoms in total. The molecule has 0 atom stereocenters. The fourth-order valence-corrected chi connectivity index (χ4v) is 3.83. The maximum atomic E-state index is 12.3. The number of nitro groups is 1. The minimum absolute atomic E-state index is 0.0138. The summed E-state index contributed by atoms with van der Waals surface area (Å²) in [7, 11) is -2.37. The molecule has 0 spiro atoms. The highest BCUT2D eigenvalue weighted by Crippen LogP contribution is 2.27. The molecule has 0 bridgehead atoms. The molecular weight excluding hydrogens is 400 g/mol. The fourth-order valence-electron chi connectivity index (χ4n) is 2.56. The molecule has 29 heavy (non-hydrogen) atoms. The highest BCUT2D eigenvalue weighted by Gasteiger charge is 2.24. The number of hydrogen-bond donors (Lipinski definition) is 1. The summed E-state index contributed by atoms with van der Waals surface area (Å²) in [4.78, 5) is 11.6. The summed E-state index contributed by atoms with van der Waals surface area (Å²) in [6.45, 7) is 3.31. The molecule has 0 aliphatic carbocycles. The minimum Gasteiger partial charge on any atom is -0.497 e. The zero-order valence-corrected chi connectivity index (χ0v) is 16.6. The van der Waals surface area contributed by atoms with E-state index < -0.39 is 20.6 Å². The quantitative estimate of drug-likeness (QED) is 0.453. The van der Waals surface area contributed by atoms with Crippen LogP contribution in [0.25, 0.3) is 17.1 Å². The van der Waals surface area contributed by atoms with E-state index in [1.165, 1.54) is 19.2 Å². The van der Waals surface area contributed by atoms with Gasteiger partial charge in [0, 0.05) is 17.7 Å². The lowest BCUT2D eigenvalue weighted by Gasteiger charge is -2.10. The zero-order chi connectivity index (χ0) is 21.2. The van der Waals surface area contributed by atoms with Crippen LogP contribution in [0.1, 0.15) is 13.8 Å². The Balaban J connectivity index is 2.03. The van der Waals surface area contributed by atoms with E-state index in [-0.39, 0.29) is 22.4 Å². The third-order valence-electron chi connectivity index (χ3n) is 3.80. The summed E-state index contributed by atoms with van der Waals surface area (Å²) in [5, 5.41) is 23.5. The van der Waals surface area contributed by atoms with Crippen LogP contribution in [0.4, 0.5) is 5.69 Å². The predicted molar refractivity (Wildman–Crippen MR) is 103 cm³/mol. The lowest BCUT2D eigenvalue weighted by Crippen LogP contribution is -2.30. The van der Waals surface area contributed by atoms with E-state index in [1.807, 2.05) is 0 Å². The molecule has 3 aromatic rings. The summed E-state index contributed by atoms with van der Waals surface area (Å²) in [6.07, 6.45) is 0. The van der Waals surface area contributed by atoms with Gasteiger partial charge in [0.25, 0.3) is 5.69 Å². The summed E-state index contributed by atoms with van der Waals surface area (Å²) in [5.74, 6) is 0.827. The second-order valence-electron chi connectivity index (χ2n) is 6.32. The maximum Gasteiger partial charge on any atom is 0.298 e. The van der Waals surface area contributed by atoms with Gasteiger partial charge in [-0.3, -0.25) is 10.1 Å². The number of nitro benzene ring substituents is 1. The van der Waals surface area contributed by atoms with Crippen molar-refractivity contribution in [1.82, 2.24) is 24.9 Å². The van der Waals surface area contributed by atoms with E-state index in [4.69, 9.17) is 4.74 Å². The van der Waals surface area contributed by atoms with E-state index in [0.29, 0.717) is 11.3 Å². The monoisotopic (exact) mass is 418 g/mol. The van der Waals surface area contributed by atoms with Gasteiger partial charge in [-0.2, -0.15) is 0 Å². The fraction of sp³-hybridized carbons (Fsp3) is 0.235. The van der Waals surface area contributed by atoms with Gasteiger partial charge in [-0.1, -0.05) is 12.1 Å². The summed E-state index contributed by atoms with van der Waals surface area (Å²) in [5.41, 5.74) is 0.130. The van der Waals surface area contributed by atoms with Crippen LogP contribution in [0.15, 0.2) is 47.4 Å². The Morgan fingerprint density at radius 1 is 1.21 bits per heavy atom. The number of aromatic nitrogens is 4. The van der Waals surface area contributed by atoms with E-state index in [1.54, 1.807) is 38.1 Å². The number of tetrazole rings is 1. The van der Waals surface area contributed by atoms with Gasteiger partial charge in [-0.05, 0) is 43.3 Å². The third-order valence-corrected chi connectivity index (χ3v) is 5.46. The van der Waals surface area contributed by atoms with Crippen molar-refractivity contribution in [3.8, 4) is 22.8 Å². The van der Waals surface area contributed by atoms with E-state index >= 15 is 0 Å². The molecule has 0 radical (unpaired) electrons. The smallest absolute Gasteiger partial charge is 0.298 e. The van der Waals surface area contributed by atoms with E-state index in [2.05, 4.69) is 20.1 Å². The van der Waals surface area contributed by atoms with Crippen molar-refractivity contribution in [3.05, 3.63) is 52.6 Å². The van der Waals surface area contributed by atoms with Gasteiger partial charge in [0.05, 0.1) is 16.9 Å². The second-order valence-corrected chi connectivity index (χ2v) is 8.03. The van der Waals surface area contributed by atoms with Crippen LogP contribution in [0.2, 0.25) is 0 Å². The Bertz CT molecular complexity index is 1160. The van der Waals surface area contributed by atoms with Crippen LogP contribution in [0.5, 0.6) is 5.75 Å². The maximum absolute atomic E-state index is 12.3. The van der Waals surface area contributed by atoms with Crippen LogP contribution >= 0.6 is 0 Å². The van der Waals surface area contributed by atoms with Crippen molar-refractivity contribution < 1.29 is 18.1 Å². The first-order chi connectivity index (χ1) is 13.7. The molecule has 152 valence electrons. The highest BCUT2D eigenvalue weighted by molar-refractivity contribution is 7.89. The van der Waals surface area contributed by atoms with Crippen molar-refractivity contribution in [2.24, 2.45) is 0 Å². The number of nitrogens with zero attached hydrogens (tertiary/aromatic N) is 5. The first-order valence-corrected chi connectivity index (χ1v) is 9.95.